The Morgan fingerprint density at radius 1 is 1.22 bits per heavy atom. The van der Waals surface area contributed by atoms with Crippen molar-refractivity contribution in [1.82, 2.24) is 4.40 Å². The number of hydrogen-bond donors (Lipinski definition) is 0. The van der Waals surface area contributed by atoms with Gasteiger partial charge in [-0.3, -0.25) is 0 Å². The molecule has 2 aromatic heterocycles. The second-order valence-electron chi connectivity index (χ2n) is 5.59. The van der Waals surface area contributed by atoms with Crippen LogP contribution in [0, 0.1) is 25.2 Å². The van der Waals surface area contributed by atoms with Crippen molar-refractivity contribution < 1.29 is 9.53 Å². The van der Waals surface area contributed by atoms with Gasteiger partial charge in [0.05, 0.1) is 16.6 Å². The van der Waals surface area contributed by atoms with Crippen LogP contribution in [-0.4, -0.2) is 10.4 Å². The quantitative estimate of drug-likeness (QED) is 0.692. The predicted octanol–water partition coefficient (Wildman–Crippen LogP) is 3.78. The highest BCUT2D eigenvalue weighted by molar-refractivity contribution is 5.89. The lowest BCUT2D eigenvalue weighted by Gasteiger charge is -2.06. The highest BCUT2D eigenvalue weighted by Crippen LogP contribution is 2.19. The standard InChI is InChI=1S/C19H16N2O2/c1-13-7-14(2)9-15(8-13)19(22)23-12-16-11-21-6-4-3-5-18(21)17(16)10-20/h3-9,11H,12H2,1-2H3. The lowest BCUT2D eigenvalue weighted by atomic mass is 10.1. The van der Waals surface area contributed by atoms with E-state index in [4.69, 9.17) is 4.74 Å². The number of aromatic nitrogens is 1. The van der Waals surface area contributed by atoms with Crippen LogP contribution in [0.1, 0.15) is 32.6 Å². The number of fused-ring (bicyclic) bond motifs is 1. The Morgan fingerprint density at radius 3 is 2.65 bits per heavy atom. The normalized spacial score (nSPS) is 10.5. The van der Waals surface area contributed by atoms with Crippen molar-refractivity contribution in [3.8, 4) is 6.07 Å². The minimum Gasteiger partial charge on any atom is -0.457 e. The third-order valence-corrected chi connectivity index (χ3v) is 3.69. The molecule has 4 heteroatoms. The number of pyridine rings is 1. The van der Waals surface area contributed by atoms with E-state index in [9.17, 15) is 10.1 Å². The number of esters is 1. The first-order valence-electron chi connectivity index (χ1n) is 7.32. The Morgan fingerprint density at radius 2 is 1.96 bits per heavy atom. The Bertz CT molecular complexity index is 912. The Hall–Kier alpha value is -3.06. The molecule has 2 heterocycles. The highest BCUT2D eigenvalue weighted by Gasteiger charge is 2.13. The summed E-state index contributed by atoms with van der Waals surface area (Å²) in [6, 6.07) is 13.4. The van der Waals surface area contributed by atoms with Gasteiger partial charge in [-0.15, -0.1) is 0 Å². The predicted molar refractivity (Wildman–Crippen MR) is 87.1 cm³/mol. The van der Waals surface area contributed by atoms with Crippen LogP contribution >= 0.6 is 0 Å². The van der Waals surface area contributed by atoms with E-state index in [2.05, 4.69) is 6.07 Å². The Labute approximate surface area is 134 Å². The van der Waals surface area contributed by atoms with Crippen LogP contribution in [0.5, 0.6) is 0 Å². The van der Waals surface area contributed by atoms with Crippen LogP contribution in [0.3, 0.4) is 0 Å². The first-order valence-corrected chi connectivity index (χ1v) is 7.32. The zero-order valence-electron chi connectivity index (χ0n) is 13.0. The molecular weight excluding hydrogens is 288 g/mol. The van der Waals surface area contributed by atoms with Gasteiger partial charge < -0.3 is 9.14 Å². The number of hydrogen-bond acceptors (Lipinski definition) is 3. The van der Waals surface area contributed by atoms with Crippen LogP contribution < -0.4 is 0 Å². The van der Waals surface area contributed by atoms with Crippen molar-refractivity contribution in [3.63, 3.8) is 0 Å². The van der Waals surface area contributed by atoms with Gasteiger partial charge in [0.1, 0.15) is 12.7 Å². The van der Waals surface area contributed by atoms with E-state index in [1.165, 1.54) is 0 Å². The summed E-state index contributed by atoms with van der Waals surface area (Å²) in [4.78, 5) is 12.2. The summed E-state index contributed by atoms with van der Waals surface area (Å²) in [5.41, 5.74) is 4.63. The molecule has 23 heavy (non-hydrogen) atoms. The fourth-order valence-corrected chi connectivity index (χ4v) is 2.74. The number of carbonyl (C=O) groups excluding carboxylic acids is 1. The molecule has 0 unspecified atom stereocenters. The molecular formula is C19H16N2O2. The van der Waals surface area contributed by atoms with Crippen LogP contribution in [0.15, 0.2) is 48.8 Å². The topological polar surface area (TPSA) is 54.5 Å². The lowest BCUT2D eigenvalue weighted by molar-refractivity contribution is 0.0472. The largest absolute Gasteiger partial charge is 0.457 e. The van der Waals surface area contributed by atoms with E-state index in [-0.39, 0.29) is 12.6 Å². The molecule has 0 amide bonds. The fraction of sp³-hybridized carbons (Fsp3) is 0.158. The average molecular weight is 304 g/mol. The monoisotopic (exact) mass is 304 g/mol. The van der Waals surface area contributed by atoms with Gasteiger partial charge in [-0.25, -0.2) is 4.79 Å². The maximum Gasteiger partial charge on any atom is 0.338 e. The number of nitrogens with zero attached hydrogens (tertiary/aromatic N) is 2. The number of nitriles is 1. The first-order chi connectivity index (χ1) is 11.1. The second kappa shape index (κ2) is 5.98. The minimum absolute atomic E-state index is 0.0798. The lowest BCUT2D eigenvalue weighted by Crippen LogP contribution is -2.06. The molecule has 0 bridgehead atoms. The molecule has 1 aromatic carbocycles. The van der Waals surface area contributed by atoms with Gasteiger partial charge in [-0.1, -0.05) is 23.3 Å². The number of carbonyl (C=O) groups is 1. The van der Waals surface area contributed by atoms with Crippen LogP contribution in [-0.2, 0) is 11.3 Å². The molecule has 0 saturated carbocycles. The van der Waals surface area contributed by atoms with Crippen molar-refractivity contribution >= 4 is 11.5 Å². The third kappa shape index (κ3) is 2.95. The van der Waals surface area contributed by atoms with Gasteiger partial charge in [-0.05, 0) is 38.1 Å². The summed E-state index contributed by atoms with van der Waals surface area (Å²) in [5.74, 6) is -0.379. The first kappa shape index (κ1) is 14.9. The molecule has 0 aliphatic heterocycles. The molecule has 3 rings (SSSR count). The minimum atomic E-state index is -0.379. The smallest absolute Gasteiger partial charge is 0.338 e. The second-order valence-corrected chi connectivity index (χ2v) is 5.59. The third-order valence-electron chi connectivity index (χ3n) is 3.69. The molecule has 0 aliphatic carbocycles. The van der Waals surface area contributed by atoms with Crippen molar-refractivity contribution in [3.05, 3.63) is 76.6 Å². The number of benzene rings is 1. The van der Waals surface area contributed by atoms with Crippen LogP contribution in [0.25, 0.3) is 5.52 Å². The van der Waals surface area contributed by atoms with Gasteiger partial charge >= 0.3 is 5.97 Å². The van der Waals surface area contributed by atoms with Crippen molar-refractivity contribution in [2.24, 2.45) is 0 Å². The molecule has 3 aromatic rings. The van der Waals surface area contributed by atoms with Gasteiger partial charge in [0, 0.05) is 18.0 Å². The SMILES string of the molecule is Cc1cc(C)cc(C(=O)OCc2cn3ccccc3c2C#N)c1. The molecule has 0 radical (unpaired) electrons. The molecule has 4 nitrogen and oxygen atoms in total. The van der Waals surface area contributed by atoms with Crippen molar-refractivity contribution in [1.29, 1.82) is 5.26 Å². The zero-order valence-corrected chi connectivity index (χ0v) is 13.0. The van der Waals surface area contributed by atoms with Gasteiger partial charge in [-0.2, -0.15) is 5.26 Å². The summed E-state index contributed by atoms with van der Waals surface area (Å²) in [6.07, 6.45) is 3.69. The summed E-state index contributed by atoms with van der Waals surface area (Å²) in [6.45, 7) is 3.96. The van der Waals surface area contributed by atoms with E-state index < -0.39 is 0 Å². The van der Waals surface area contributed by atoms with Crippen molar-refractivity contribution in [2.75, 3.05) is 0 Å². The van der Waals surface area contributed by atoms with E-state index in [0.717, 1.165) is 16.6 Å². The number of ether oxygens (including phenoxy) is 1. The molecule has 0 saturated heterocycles. The molecule has 0 N–H and O–H groups in total. The summed E-state index contributed by atoms with van der Waals surface area (Å²) >= 11 is 0. The van der Waals surface area contributed by atoms with Gasteiger partial charge in [0.25, 0.3) is 0 Å². The highest BCUT2D eigenvalue weighted by atomic mass is 16.5. The fourth-order valence-electron chi connectivity index (χ4n) is 2.74. The molecule has 0 atom stereocenters. The average Bonchev–Trinajstić information content (AvgIpc) is 2.89. The van der Waals surface area contributed by atoms with E-state index in [1.807, 2.05) is 54.9 Å². The van der Waals surface area contributed by atoms with E-state index in [0.29, 0.717) is 16.7 Å². The van der Waals surface area contributed by atoms with E-state index >= 15 is 0 Å². The van der Waals surface area contributed by atoms with Gasteiger partial charge in [0.15, 0.2) is 0 Å². The summed E-state index contributed by atoms with van der Waals surface area (Å²) in [5, 5.41) is 9.36. The van der Waals surface area contributed by atoms with E-state index in [1.54, 1.807) is 12.1 Å². The zero-order chi connectivity index (χ0) is 16.4. The maximum atomic E-state index is 12.2. The summed E-state index contributed by atoms with van der Waals surface area (Å²) < 4.78 is 7.25. The molecule has 0 spiro atoms. The van der Waals surface area contributed by atoms with Gasteiger partial charge in [0.2, 0.25) is 0 Å². The number of aryl methyl sites for hydroxylation is 2. The molecule has 0 aliphatic rings. The number of rotatable bonds is 3. The Kier molecular flexibility index (Phi) is 3.86. The Balaban J connectivity index is 1.83. The molecule has 114 valence electrons. The van der Waals surface area contributed by atoms with Crippen LogP contribution in [0.4, 0.5) is 0 Å². The van der Waals surface area contributed by atoms with Crippen molar-refractivity contribution in [2.45, 2.75) is 20.5 Å². The maximum absolute atomic E-state index is 12.2. The van der Waals surface area contributed by atoms with Crippen LogP contribution in [0.2, 0.25) is 0 Å². The summed E-state index contributed by atoms with van der Waals surface area (Å²) in [7, 11) is 0. The molecule has 0 fully saturated rings.